The van der Waals surface area contributed by atoms with Crippen LogP contribution in [0.2, 0.25) is 0 Å². The van der Waals surface area contributed by atoms with E-state index in [1.54, 1.807) is 6.07 Å². The minimum absolute atomic E-state index is 0.252. The largest absolute Gasteiger partial charge is 0.534 e. The maximum atomic E-state index is 6.73. The average molecular weight is 208 g/mol. The number of nitrogens with zero attached hydrogens (tertiary/aromatic N) is 3. The zero-order valence-corrected chi connectivity index (χ0v) is 8.06. The molecule has 64 valence electrons. The second-order valence-electron chi connectivity index (χ2n) is 2.12. The quantitative estimate of drug-likeness (QED) is 0.321. The normalized spacial score (nSPS) is 9.23. The van der Waals surface area contributed by atoms with Crippen LogP contribution in [-0.4, -0.2) is 9.97 Å². The maximum absolute atomic E-state index is 6.73. The van der Waals surface area contributed by atoms with Crippen LogP contribution in [0.15, 0.2) is 11.1 Å². The standard InChI is InChI=1S/C7H4N4S2/c1-8-6(9-2)7-10-4(12)3-5(13)11-7/h3,6H,(H2,10,11,12,13). The molecule has 0 aliphatic heterocycles. The Morgan fingerprint density at radius 3 is 2.62 bits per heavy atom. The smallest absolute Gasteiger partial charge is 0.321 e. The zero-order chi connectivity index (χ0) is 9.84. The van der Waals surface area contributed by atoms with Crippen LogP contribution in [0, 0.1) is 17.8 Å². The Balaban J connectivity index is 3.25. The van der Waals surface area contributed by atoms with Crippen LogP contribution in [0.3, 0.4) is 0 Å². The molecule has 1 aromatic heterocycles. The van der Waals surface area contributed by atoms with Crippen molar-refractivity contribution >= 4 is 24.8 Å². The highest BCUT2D eigenvalue weighted by molar-refractivity contribution is 7.80. The van der Waals surface area contributed by atoms with Gasteiger partial charge < -0.3 is 4.98 Å². The molecule has 0 aliphatic rings. The summed E-state index contributed by atoms with van der Waals surface area (Å²) in [5.74, 6) is 0.252. The highest BCUT2D eigenvalue weighted by Crippen LogP contribution is 2.15. The van der Waals surface area contributed by atoms with Crippen molar-refractivity contribution in [3.8, 4) is 0 Å². The molecule has 0 unspecified atom stereocenters. The van der Waals surface area contributed by atoms with Gasteiger partial charge in [-0.3, -0.25) is 0 Å². The van der Waals surface area contributed by atoms with Crippen molar-refractivity contribution in [1.82, 2.24) is 9.97 Å². The van der Waals surface area contributed by atoms with E-state index in [1.807, 2.05) is 0 Å². The molecule has 0 bridgehead atoms. The van der Waals surface area contributed by atoms with Gasteiger partial charge in [0.05, 0.1) is 5.03 Å². The maximum Gasteiger partial charge on any atom is 0.534 e. The SMILES string of the molecule is [C-]#[N+]C([N+]#[C-])c1nc(S)cc(=S)[nH]1. The lowest BCUT2D eigenvalue weighted by Crippen LogP contribution is -1.97. The number of hydrogen-bond donors (Lipinski definition) is 2. The lowest BCUT2D eigenvalue weighted by molar-refractivity contribution is 0.853. The fourth-order valence-electron chi connectivity index (χ4n) is 0.737. The van der Waals surface area contributed by atoms with E-state index >= 15 is 0 Å². The van der Waals surface area contributed by atoms with Crippen LogP contribution in [0.4, 0.5) is 0 Å². The van der Waals surface area contributed by atoms with Gasteiger partial charge in [0.2, 0.25) is 0 Å². The number of thiol groups is 1. The molecule has 0 saturated heterocycles. The van der Waals surface area contributed by atoms with Gasteiger partial charge >= 0.3 is 6.17 Å². The van der Waals surface area contributed by atoms with E-state index < -0.39 is 6.17 Å². The predicted molar refractivity (Wildman–Crippen MR) is 52.6 cm³/mol. The molecule has 0 aliphatic carbocycles. The minimum atomic E-state index is -0.950. The third-order valence-electron chi connectivity index (χ3n) is 1.24. The summed E-state index contributed by atoms with van der Waals surface area (Å²) >= 11 is 8.84. The molecule has 1 rings (SSSR count). The molecule has 0 spiro atoms. The summed E-state index contributed by atoms with van der Waals surface area (Å²) < 4.78 is 0.423. The van der Waals surface area contributed by atoms with Crippen molar-refractivity contribution in [2.75, 3.05) is 0 Å². The number of hydrogen-bond acceptors (Lipinski definition) is 3. The Morgan fingerprint density at radius 1 is 1.54 bits per heavy atom. The summed E-state index contributed by atoms with van der Waals surface area (Å²) in [6.45, 7) is 13.5. The molecule has 0 saturated carbocycles. The lowest BCUT2D eigenvalue weighted by Gasteiger charge is -1.94. The van der Waals surface area contributed by atoms with Gasteiger partial charge in [-0.2, -0.15) is 0 Å². The number of aromatic amines is 1. The fraction of sp³-hybridized carbons (Fsp3) is 0.143. The molecule has 1 heterocycles. The molecule has 1 aromatic rings. The lowest BCUT2D eigenvalue weighted by atomic mass is 10.5. The first kappa shape index (κ1) is 9.72. The molecule has 0 atom stereocenters. The van der Waals surface area contributed by atoms with E-state index in [4.69, 9.17) is 25.4 Å². The van der Waals surface area contributed by atoms with Crippen molar-refractivity contribution in [2.24, 2.45) is 0 Å². The summed E-state index contributed by atoms with van der Waals surface area (Å²) in [5, 5.41) is 0.413. The highest BCUT2D eigenvalue weighted by atomic mass is 32.1. The van der Waals surface area contributed by atoms with E-state index in [9.17, 15) is 0 Å². The van der Waals surface area contributed by atoms with Gasteiger partial charge in [-0.25, -0.2) is 27.8 Å². The van der Waals surface area contributed by atoms with Crippen LogP contribution in [-0.2, 0) is 0 Å². The van der Waals surface area contributed by atoms with E-state index in [2.05, 4.69) is 32.3 Å². The van der Waals surface area contributed by atoms with Gasteiger partial charge in [-0.15, -0.1) is 12.6 Å². The van der Waals surface area contributed by atoms with Crippen LogP contribution in [0.25, 0.3) is 9.69 Å². The third-order valence-corrected chi connectivity index (χ3v) is 1.68. The Hall–Kier alpha value is -1.37. The van der Waals surface area contributed by atoms with E-state index in [-0.39, 0.29) is 5.82 Å². The summed E-state index contributed by atoms with van der Waals surface area (Å²) in [6.07, 6.45) is -0.950. The van der Waals surface area contributed by atoms with Crippen LogP contribution < -0.4 is 0 Å². The van der Waals surface area contributed by atoms with E-state index in [0.29, 0.717) is 9.67 Å². The average Bonchev–Trinajstić information content (AvgIpc) is 2.04. The molecule has 0 radical (unpaired) electrons. The van der Waals surface area contributed by atoms with E-state index in [1.165, 1.54) is 0 Å². The summed E-state index contributed by atoms with van der Waals surface area (Å²) in [4.78, 5) is 12.7. The fourth-order valence-corrected chi connectivity index (χ4v) is 1.28. The van der Waals surface area contributed by atoms with Crippen LogP contribution >= 0.6 is 24.8 Å². The van der Waals surface area contributed by atoms with E-state index in [0.717, 1.165) is 0 Å². The van der Waals surface area contributed by atoms with Crippen molar-refractivity contribution in [3.63, 3.8) is 0 Å². The highest BCUT2D eigenvalue weighted by Gasteiger charge is 2.22. The van der Waals surface area contributed by atoms with Gasteiger partial charge in [0, 0.05) is 6.07 Å². The number of H-pyrrole nitrogens is 1. The van der Waals surface area contributed by atoms with Crippen molar-refractivity contribution in [2.45, 2.75) is 11.2 Å². The van der Waals surface area contributed by atoms with Gasteiger partial charge in [0.25, 0.3) is 5.82 Å². The van der Waals surface area contributed by atoms with Gasteiger partial charge in [-0.1, -0.05) is 12.2 Å². The van der Waals surface area contributed by atoms with Gasteiger partial charge in [-0.05, 0) is 0 Å². The zero-order valence-electron chi connectivity index (χ0n) is 6.35. The van der Waals surface area contributed by atoms with Crippen molar-refractivity contribution in [3.05, 3.63) is 39.4 Å². The Kier molecular flexibility index (Phi) is 3.02. The third kappa shape index (κ3) is 2.28. The monoisotopic (exact) mass is 208 g/mol. The Bertz CT molecular complexity index is 437. The molecule has 0 amide bonds. The Labute approximate surface area is 85.7 Å². The van der Waals surface area contributed by atoms with Gasteiger partial charge in [0.1, 0.15) is 4.64 Å². The van der Waals surface area contributed by atoms with Crippen LogP contribution in [0.5, 0.6) is 0 Å². The number of nitrogens with one attached hydrogen (secondary N) is 1. The topological polar surface area (TPSA) is 37.4 Å². The molecule has 0 fully saturated rings. The first-order valence-electron chi connectivity index (χ1n) is 3.20. The molecule has 4 nitrogen and oxygen atoms in total. The molecule has 0 aromatic carbocycles. The molecule has 6 heteroatoms. The summed E-state index contributed by atoms with van der Waals surface area (Å²) in [6, 6.07) is 1.55. The molecular formula is C7H4N4S2. The van der Waals surface area contributed by atoms with Crippen molar-refractivity contribution < 1.29 is 0 Å². The second kappa shape index (κ2) is 4.04. The molecule has 13 heavy (non-hydrogen) atoms. The second-order valence-corrected chi connectivity index (χ2v) is 3.02. The molecule has 1 N–H and O–H groups in total. The van der Waals surface area contributed by atoms with Crippen LogP contribution in [0.1, 0.15) is 12.0 Å². The minimum Gasteiger partial charge on any atom is -0.321 e. The number of aromatic nitrogens is 2. The Morgan fingerprint density at radius 2 is 2.15 bits per heavy atom. The summed E-state index contributed by atoms with van der Waals surface area (Å²) in [5.41, 5.74) is 0. The number of rotatable bonds is 1. The summed E-state index contributed by atoms with van der Waals surface area (Å²) in [7, 11) is 0. The first-order chi connectivity index (χ1) is 6.17. The first-order valence-corrected chi connectivity index (χ1v) is 4.06. The molecular weight excluding hydrogens is 204 g/mol. The van der Waals surface area contributed by atoms with Gasteiger partial charge in [0.15, 0.2) is 0 Å². The van der Waals surface area contributed by atoms with Crippen molar-refractivity contribution in [1.29, 1.82) is 0 Å². The predicted octanol–water partition coefficient (Wildman–Crippen LogP) is 2.27.